The van der Waals surface area contributed by atoms with Crippen LogP contribution in [0.2, 0.25) is 0 Å². The monoisotopic (exact) mass is 351 g/mol. The number of alkyl halides is 2. The van der Waals surface area contributed by atoms with Crippen molar-refractivity contribution in [2.24, 2.45) is 17.8 Å². The van der Waals surface area contributed by atoms with Gasteiger partial charge >= 0.3 is 0 Å². The summed E-state index contributed by atoms with van der Waals surface area (Å²) in [6.07, 6.45) is 0. The first-order chi connectivity index (χ1) is 8.25. The molecule has 5 rings (SSSR count). The van der Waals surface area contributed by atoms with E-state index in [0.717, 1.165) is 0 Å². The topological polar surface area (TPSA) is 23.8 Å². The number of hydrogen-bond donors (Lipinski definition) is 0. The van der Waals surface area contributed by atoms with Gasteiger partial charge in [-0.25, -0.2) is 0 Å². The molecule has 0 amide bonds. The van der Waals surface area contributed by atoms with E-state index in [1.54, 1.807) is 0 Å². The van der Waals surface area contributed by atoms with Crippen LogP contribution in [-0.2, 0) is 0 Å². The zero-order valence-electron chi connectivity index (χ0n) is 9.05. The number of rotatable bonds is 0. The Bertz CT molecular complexity index is 494. The van der Waals surface area contributed by atoms with Crippen molar-refractivity contribution < 1.29 is 0 Å². The average molecular weight is 353 g/mol. The minimum atomic E-state index is 0.278. The number of nitriles is 1. The third kappa shape index (κ3) is 1.14. The summed E-state index contributed by atoms with van der Waals surface area (Å²) >= 11 is 7.70. The fourth-order valence-corrected chi connectivity index (χ4v) is 6.09. The van der Waals surface area contributed by atoms with Gasteiger partial charge in [0.25, 0.3) is 0 Å². The molecule has 0 heterocycles. The zero-order valence-corrected chi connectivity index (χ0v) is 12.2. The number of fused-ring (bicyclic) bond motifs is 1. The van der Waals surface area contributed by atoms with Crippen LogP contribution in [0.5, 0.6) is 0 Å². The van der Waals surface area contributed by atoms with E-state index in [4.69, 9.17) is 0 Å². The quantitative estimate of drug-likeness (QED) is 0.651. The van der Waals surface area contributed by atoms with Gasteiger partial charge in [-0.2, -0.15) is 5.26 Å². The molecule has 1 unspecified atom stereocenters. The first-order valence-electron chi connectivity index (χ1n) is 6.02. The lowest BCUT2D eigenvalue weighted by Crippen LogP contribution is -2.41. The Kier molecular flexibility index (Phi) is 2.09. The molecule has 1 nitrogen and oxygen atoms in total. The lowest BCUT2D eigenvalue weighted by atomic mass is 9.67. The molecular weight excluding hydrogens is 342 g/mol. The highest BCUT2D eigenvalue weighted by atomic mass is 79.9. The summed E-state index contributed by atoms with van der Waals surface area (Å²) in [7, 11) is 0. The van der Waals surface area contributed by atoms with Gasteiger partial charge in [-0.3, -0.25) is 0 Å². The molecular formula is C14H11Br2N. The van der Waals surface area contributed by atoms with E-state index < -0.39 is 0 Å². The van der Waals surface area contributed by atoms with E-state index in [2.05, 4.69) is 62.2 Å². The largest absolute Gasteiger partial charge is 0.198 e. The Hall–Kier alpha value is -0.330. The van der Waals surface area contributed by atoms with Crippen LogP contribution in [-0.4, -0.2) is 9.65 Å². The van der Waals surface area contributed by atoms with Gasteiger partial charge in [0.05, 0.1) is 12.0 Å². The number of halogens is 2. The number of nitrogens with zero attached hydrogens (tertiary/aromatic N) is 1. The number of hydrogen-bond acceptors (Lipinski definition) is 1. The van der Waals surface area contributed by atoms with Crippen molar-refractivity contribution in [3.05, 3.63) is 35.4 Å². The van der Waals surface area contributed by atoms with Gasteiger partial charge in [0, 0.05) is 21.5 Å². The lowest BCUT2D eigenvalue weighted by Gasteiger charge is -2.44. The standard InChI is InChI=1S/C14H11Br2N/c15-13-11-6-3-1-2-4-7(6)12(14(13)16)10-8(5-17)9(10)11/h1-4,8-14H/t8?,9-,10+,11+,12-,13-,14-/m1/s1. The first kappa shape index (κ1) is 10.6. The molecule has 2 saturated carbocycles. The summed E-state index contributed by atoms with van der Waals surface area (Å²) in [6, 6.07) is 11.3. The van der Waals surface area contributed by atoms with Crippen molar-refractivity contribution in [2.45, 2.75) is 21.5 Å². The Labute approximate surface area is 117 Å². The summed E-state index contributed by atoms with van der Waals surface area (Å²) < 4.78 is 0. The molecule has 0 spiro atoms. The second-order valence-electron chi connectivity index (χ2n) is 5.38. The molecule has 0 radical (unpaired) electrons. The molecule has 0 aromatic heterocycles. The van der Waals surface area contributed by atoms with Crippen LogP contribution in [0.1, 0.15) is 23.0 Å². The summed E-state index contributed by atoms with van der Waals surface area (Å²) in [5.74, 6) is 2.52. The van der Waals surface area contributed by atoms with E-state index in [-0.39, 0.29) is 5.92 Å². The van der Waals surface area contributed by atoms with E-state index in [1.807, 2.05) is 0 Å². The highest BCUT2D eigenvalue weighted by molar-refractivity contribution is 9.12. The van der Waals surface area contributed by atoms with Crippen molar-refractivity contribution in [3.63, 3.8) is 0 Å². The molecule has 4 aliphatic carbocycles. The molecule has 7 atom stereocenters. The number of benzene rings is 1. The average Bonchev–Trinajstić information content (AvgIpc) is 3.07. The van der Waals surface area contributed by atoms with Gasteiger partial charge in [-0.1, -0.05) is 56.1 Å². The molecule has 0 aliphatic heterocycles. The van der Waals surface area contributed by atoms with Gasteiger partial charge < -0.3 is 0 Å². The minimum absolute atomic E-state index is 0.278. The van der Waals surface area contributed by atoms with Crippen LogP contribution in [0.15, 0.2) is 24.3 Å². The van der Waals surface area contributed by atoms with Gasteiger partial charge in [0.15, 0.2) is 0 Å². The molecule has 0 N–H and O–H groups in total. The van der Waals surface area contributed by atoms with Crippen LogP contribution >= 0.6 is 31.9 Å². The molecule has 86 valence electrons. The summed E-state index contributed by atoms with van der Waals surface area (Å²) in [5, 5.41) is 9.27. The SMILES string of the molecule is N#CC1[C@@H]2[C@H]3c4ccccc4[C@H]([C@@H](Br)[C@@H]3Br)[C@H]12. The fourth-order valence-electron chi connectivity index (χ4n) is 4.15. The third-order valence-electron chi connectivity index (χ3n) is 4.82. The van der Waals surface area contributed by atoms with Crippen LogP contribution in [0.3, 0.4) is 0 Å². The maximum absolute atomic E-state index is 9.27. The minimum Gasteiger partial charge on any atom is -0.198 e. The van der Waals surface area contributed by atoms with Crippen molar-refractivity contribution in [1.29, 1.82) is 5.26 Å². The fraction of sp³-hybridized carbons (Fsp3) is 0.500. The molecule has 4 aliphatic rings. The Morgan fingerprint density at radius 1 is 0.941 bits per heavy atom. The molecule has 17 heavy (non-hydrogen) atoms. The van der Waals surface area contributed by atoms with Gasteiger partial charge in [0.2, 0.25) is 0 Å². The van der Waals surface area contributed by atoms with Crippen molar-refractivity contribution >= 4 is 31.9 Å². The van der Waals surface area contributed by atoms with Gasteiger partial charge in [0.1, 0.15) is 0 Å². The molecule has 0 saturated heterocycles. The van der Waals surface area contributed by atoms with Crippen LogP contribution < -0.4 is 0 Å². The Morgan fingerprint density at radius 2 is 1.41 bits per heavy atom. The van der Waals surface area contributed by atoms with Crippen LogP contribution in [0.25, 0.3) is 0 Å². The predicted octanol–water partition coefficient (Wildman–Crippen LogP) is 3.79. The Balaban J connectivity index is 1.93. The summed E-state index contributed by atoms with van der Waals surface area (Å²) in [4.78, 5) is 0.948. The second-order valence-corrected chi connectivity index (χ2v) is 7.49. The van der Waals surface area contributed by atoms with Crippen molar-refractivity contribution in [2.75, 3.05) is 0 Å². The third-order valence-corrected chi connectivity index (χ3v) is 7.80. The molecule has 1 aromatic carbocycles. The molecule has 2 fully saturated rings. The smallest absolute Gasteiger partial charge is 0.0662 e. The van der Waals surface area contributed by atoms with Gasteiger partial charge in [-0.05, 0) is 23.0 Å². The maximum atomic E-state index is 9.27. The van der Waals surface area contributed by atoms with E-state index in [1.165, 1.54) is 11.1 Å². The van der Waals surface area contributed by atoms with E-state index >= 15 is 0 Å². The Morgan fingerprint density at radius 3 is 1.82 bits per heavy atom. The zero-order chi connectivity index (χ0) is 11.7. The first-order valence-corrected chi connectivity index (χ1v) is 7.85. The second kappa shape index (κ2) is 3.36. The van der Waals surface area contributed by atoms with Gasteiger partial charge in [-0.15, -0.1) is 0 Å². The van der Waals surface area contributed by atoms with Crippen LogP contribution in [0, 0.1) is 29.1 Å². The normalized spacial score (nSPS) is 49.1. The maximum Gasteiger partial charge on any atom is 0.0662 e. The summed E-state index contributed by atoms with van der Waals surface area (Å²) in [6.45, 7) is 0. The van der Waals surface area contributed by atoms with E-state index in [0.29, 0.717) is 33.3 Å². The molecule has 2 bridgehead atoms. The summed E-state index contributed by atoms with van der Waals surface area (Å²) in [5.41, 5.74) is 2.96. The van der Waals surface area contributed by atoms with Crippen molar-refractivity contribution in [3.8, 4) is 6.07 Å². The van der Waals surface area contributed by atoms with E-state index in [9.17, 15) is 5.26 Å². The predicted molar refractivity (Wildman–Crippen MR) is 73.4 cm³/mol. The highest BCUT2D eigenvalue weighted by Crippen LogP contribution is 2.72. The lowest BCUT2D eigenvalue weighted by molar-refractivity contribution is 0.366. The molecule has 3 heteroatoms. The molecule has 1 aromatic rings. The van der Waals surface area contributed by atoms with Crippen molar-refractivity contribution in [1.82, 2.24) is 0 Å². The highest BCUT2D eigenvalue weighted by Gasteiger charge is 2.68. The van der Waals surface area contributed by atoms with Crippen LogP contribution in [0.4, 0.5) is 0 Å².